The fraction of sp³-hybridized carbons (Fsp3) is 0.700. The molecule has 1 aliphatic carbocycles. The maximum absolute atomic E-state index is 11.6. The van der Waals surface area contributed by atoms with Crippen molar-refractivity contribution in [1.82, 2.24) is 0 Å². The van der Waals surface area contributed by atoms with Gasteiger partial charge in [0, 0.05) is 11.5 Å². The molecule has 0 spiro atoms. The summed E-state index contributed by atoms with van der Waals surface area (Å²) in [5, 5.41) is 9.57. The predicted octanol–water partition coefficient (Wildman–Crippen LogP) is 2.55. The van der Waals surface area contributed by atoms with Crippen molar-refractivity contribution >= 4 is 17.5 Å². The monoisotopic (exact) mass is 200 g/mol. The van der Waals surface area contributed by atoms with Crippen molar-refractivity contribution in [2.24, 2.45) is 5.41 Å². The van der Waals surface area contributed by atoms with Crippen LogP contribution in [0.4, 0.5) is 0 Å². The first-order valence-electron chi connectivity index (χ1n) is 4.32. The lowest BCUT2D eigenvalue weighted by Gasteiger charge is -2.38. The highest BCUT2D eigenvalue weighted by Gasteiger charge is 2.43. The van der Waals surface area contributed by atoms with Crippen molar-refractivity contribution in [3.63, 3.8) is 0 Å². The highest BCUT2D eigenvalue weighted by Crippen LogP contribution is 2.44. The number of carbonyl (C=O) groups is 1. The molecule has 3 heteroatoms. The normalized spacial score (nSPS) is 32.9. The summed E-state index contributed by atoms with van der Waals surface area (Å²) in [5.74, 6) is 0.237. The van der Waals surface area contributed by atoms with Crippen LogP contribution in [0.3, 0.4) is 0 Å². The zero-order chi connectivity index (χ0) is 10.3. The molecular formula is C10H16O2S. The summed E-state index contributed by atoms with van der Waals surface area (Å²) in [6, 6.07) is 0. The molecule has 0 aromatic carbocycles. The van der Waals surface area contributed by atoms with E-state index in [2.05, 4.69) is 0 Å². The molecule has 0 heterocycles. The van der Waals surface area contributed by atoms with Gasteiger partial charge in [-0.3, -0.25) is 4.79 Å². The molecule has 0 aromatic heterocycles. The number of aliphatic hydroxyl groups excluding tert-OH is 1. The molecule has 0 aromatic rings. The van der Waals surface area contributed by atoms with Gasteiger partial charge in [-0.15, -0.1) is 0 Å². The number of rotatable bonds is 1. The molecular weight excluding hydrogens is 184 g/mol. The predicted molar refractivity (Wildman–Crippen MR) is 56.0 cm³/mol. The van der Waals surface area contributed by atoms with Crippen molar-refractivity contribution in [3.8, 4) is 0 Å². The average Bonchev–Trinajstić information content (AvgIpc) is 2.01. The highest BCUT2D eigenvalue weighted by molar-refractivity contribution is 8.00. The van der Waals surface area contributed by atoms with Crippen molar-refractivity contribution in [2.75, 3.05) is 6.26 Å². The number of hydrogen-bond donors (Lipinski definition) is 1. The van der Waals surface area contributed by atoms with E-state index < -0.39 is 0 Å². The highest BCUT2D eigenvalue weighted by atomic mass is 32.2. The summed E-state index contributed by atoms with van der Waals surface area (Å²) < 4.78 is -0.365. The van der Waals surface area contributed by atoms with Crippen LogP contribution in [0.15, 0.2) is 11.8 Å². The van der Waals surface area contributed by atoms with E-state index in [9.17, 15) is 9.90 Å². The Bertz CT molecular complexity index is 268. The summed E-state index contributed by atoms with van der Waals surface area (Å²) in [7, 11) is 0. The van der Waals surface area contributed by atoms with Crippen LogP contribution in [0, 0.1) is 5.41 Å². The van der Waals surface area contributed by atoms with Gasteiger partial charge in [0.25, 0.3) is 0 Å². The van der Waals surface area contributed by atoms with Crippen LogP contribution in [0.2, 0.25) is 0 Å². The van der Waals surface area contributed by atoms with Gasteiger partial charge in [0.15, 0.2) is 5.78 Å². The molecule has 0 aliphatic heterocycles. The van der Waals surface area contributed by atoms with Gasteiger partial charge in [-0.25, -0.2) is 0 Å². The molecule has 0 radical (unpaired) electrons. The molecule has 1 aliphatic rings. The number of aliphatic hydroxyl groups is 1. The van der Waals surface area contributed by atoms with E-state index in [1.54, 1.807) is 11.8 Å². The third-order valence-electron chi connectivity index (χ3n) is 2.71. The molecule has 1 atom stereocenters. The molecule has 1 N–H and O–H groups in total. The molecule has 1 rings (SSSR count). The van der Waals surface area contributed by atoms with Gasteiger partial charge in [-0.1, -0.05) is 13.8 Å². The number of allylic oxidation sites excluding steroid dienone is 2. The molecule has 0 amide bonds. The first kappa shape index (κ1) is 10.6. The quantitative estimate of drug-likeness (QED) is 0.706. The number of thioether (sulfide) groups is 1. The van der Waals surface area contributed by atoms with E-state index in [1.807, 2.05) is 27.0 Å². The van der Waals surface area contributed by atoms with Crippen LogP contribution >= 0.6 is 11.8 Å². The van der Waals surface area contributed by atoms with Crippen molar-refractivity contribution < 1.29 is 9.90 Å². The average molecular weight is 200 g/mol. The van der Waals surface area contributed by atoms with Crippen LogP contribution in [0.5, 0.6) is 0 Å². The Hall–Kier alpha value is -0.440. The smallest absolute Gasteiger partial charge is 0.174 e. The molecule has 13 heavy (non-hydrogen) atoms. The minimum absolute atomic E-state index is 0.0248. The minimum atomic E-state index is -0.365. The SMILES string of the molecule is CSC1(C)CC(C)(C)C(O)=CC1=O. The van der Waals surface area contributed by atoms with Crippen LogP contribution < -0.4 is 0 Å². The van der Waals surface area contributed by atoms with Crippen molar-refractivity contribution in [1.29, 1.82) is 0 Å². The number of hydrogen-bond acceptors (Lipinski definition) is 3. The molecule has 2 nitrogen and oxygen atoms in total. The van der Waals surface area contributed by atoms with Gasteiger partial charge < -0.3 is 5.11 Å². The van der Waals surface area contributed by atoms with E-state index in [4.69, 9.17) is 0 Å². The minimum Gasteiger partial charge on any atom is -0.512 e. The van der Waals surface area contributed by atoms with E-state index in [0.717, 1.165) is 0 Å². The number of carbonyl (C=O) groups excluding carboxylic acids is 1. The second-order valence-electron chi connectivity index (χ2n) is 4.39. The first-order chi connectivity index (χ1) is 5.82. The largest absolute Gasteiger partial charge is 0.512 e. The summed E-state index contributed by atoms with van der Waals surface area (Å²) in [4.78, 5) is 11.6. The van der Waals surface area contributed by atoms with Gasteiger partial charge in [-0.05, 0) is 19.6 Å². The van der Waals surface area contributed by atoms with Crippen LogP contribution in [0.1, 0.15) is 27.2 Å². The summed E-state index contributed by atoms with van der Waals surface area (Å²) in [6.07, 6.45) is 4.01. The number of ketones is 1. The Kier molecular flexibility index (Phi) is 2.50. The summed E-state index contributed by atoms with van der Waals surface area (Å²) in [5.41, 5.74) is -0.272. The Balaban J connectivity index is 3.08. The third-order valence-corrected chi connectivity index (χ3v) is 3.96. The van der Waals surface area contributed by atoms with Gasteiger partial charge in [0.1, 0.15) is 5.76 Å². The Morgan fingerprint density at radius 1 is 1.46 bits per heavy atom. The van der Waals surface area contributed by atoms with Gasteiger partial charge in [-0.2, -0.15) is 11.8 Å². The van der Waals surface area contributed by atoms with E-state index in [-0.39, 0.29) is 21.7 Å². The second kappa shape index (κ2) is 3.05. The fourth-order valence-corrected chi connectivity index (χ4v) is 2.43. The Labute approximate surface area is 83.4 Å². The second-order valence-corrected chi connectivity index (χ2v) is 5.70. The van der Waals surface area contributed by atoms with Crippen LogP contribution in [0.25, 0.3) is 0 Å². The molecule has 0 fully saturated rings. The summed E-state index contributed by atoms with van der Waals surface area (Å²) >= 11 is 1.56. The van der Waals surface area contributed by atoms with E-state index >= 15 is 0 Å². The lowest BCUT2D eigenvalue weighted by atomic mass is 9.75. The molecule has 0 saturated heterocycles. The standard InChI is InChI=1S/C10H16O2S/c1-9(2)6-10(3,13-4)8(12)5-7(9)11/h5,11H,6H2,1-4H3. The lowest BCUT2D eigenvalue weighted by Crippen LogP contribution is -2.40. The molecule has 1 unspecified atom stereocenters. The Morgan fingerprint density at radius 2 is 2.00 bits per heavy atom. The first-order valence-corrected chi connectivity index (χ1v) is 5.55. The molecule has 0 bridgehead atoms. The van der Waals surface area contributed by atoms with Gasteiger partial charge in [0.05, 0.1) is 4.75 Å². The van der Waals surface area contributed by atoms with Gasteiger partial charge in [0.2, 0.25) is 0 Å². The third kappa shape index (κ3) is 1.75. The lowest BCUT2D eigenvalue weighted by molar-refractivity contribution is -0.118. The molecule has 74 valence electrons. The van der Waals surface area contributed by atoms with Gasteiger partial charge >= 0.3 is 0 Å². The summed E-state index contributed by atoms with van der Waals surface area (Å²) in [6.45, 7) is 5.85. The molecule has 0 saturated carbocycles. The van der Waals surface area contributed by atoms with E-state index in [1.165, 1.54) is 6.08 Å². The maximum atomic E-state index is 11.6. The topological polar surface area (TPSA) is 37.3 Å². The maximum Gasteiger partial charge on any atom is 0.174 e. The van der Waals surface area contributed by atoms with Crippen molar-refractivity contribution in [3.05, 3.63) is 11.8 Å². The van der Waals surface area contributed by atoms with Crippen LogP contribution in [-0.2, 0) is 4.79 Å². The zero-order valence-electron chi connectivity index (χ0n) is 8.55. The van der Waals surface area contributed by atoms with E-state index in [0.29, 0.717) is 6.42 Å². The fourth-order valence-electron chi connectivity index (χ4n) is 1.67. The zero-order valence-corrected chi connectivity index (χ0v) is 9.36. The van der Waals surface area contributed by atoms with Crippen molar-refractivity contribution in [2.45, 2.75) is 31.9 Å². The Morgan fingerprint density at radius 3 is 2.46 bits per heavy atom. The van der Waals surface area contributed by atoms with Crippen LogP contribution in [-0.4, -0.2) is 21.9 Å².